The molecule has 0 fully saturated rings. The maximum atomic E-state index is 15.3. The number of rotatable bonds is 7. The monoisotopic (exact) mass is 569 g/mol. The normalized spacial score (nSPS) is 11.7. The Balaban J connectivity index is 1.61. The van der Waals surface area contributed by atoms with Gasteiger partial charge >= 0.3 is 0 Å². The summed E-state index contributed by atoms with van der Waals surface area (Å²) in [7, 11) is 1.61. The number of hydrogen-bond acceptors (Lipinski definition) is 7. The molecule has 0 amide bonds. The van der Waals surface area contributed by atoms with E-state index in [1.54, 1.807) is 55.8 Å². The van der Waals surface area contributed by atoms with Gasteiger partial charge in [0.25, 0.3) is 11.1 Å². The zero-order valence-corrected chi connectivity index (χ0v) is 23.8. The Morgan fingerprint density at radius 3 is 2.45 bits per heavy atom. The largest absolute Gasteiger partial charge is 0.396 e. The van der Waals surface area contributed by atoms with Gasteiger partial charge < -0.3 is 20.1 Å². The lowest BCUT2D eigenvalue weighted by molar-refractivity contribution is 0.282. The maximum absolute atomic E-state index is 15.3. The van der Waals surface area contributed by atoms with Crippen LogP contribution in [0.5, 0.6) is 0 Å². The third kappa shape index (κ3) is 5.46. The van der Waals surface area contributed by atoms with Crippen molar-refractivity contribution < 1.29 is 14.6 Å². The van der Waals surface area contributed by atoms with Crippen LogP contribution in [0, 0.1) is 5.82 Å². The van der Waals surface area contributed by atoms with Crippen molar-refractivity contribution in [2.45, 2.75) is 39.2 Å². The summed E-state index contributed by atoms with van der Waals surface area (Å²) in [6.45, 7) is 5.47. The molecule has 0 bridgehead atoms. The minimum Gasteiger partial charge on any atom is -0.396 e. The van der Waals surface area contributed by atoms with Crippen LogP contribution in [0.2, 0.25) is 0 Å². The molecule has 5 aromatic rings. The van der Waals surface area contributed by atoms with E-state index in [9.17, 15) is 14.7 Å². The van der Waals surface area contributed by atoms with Gasteiger partial charge in [0.05, 0.1) is 23.9 Å². The Morgan fingerprint density at radius 2 is 1.79 bits per heavy atom. The van der Waals surface area contributed by atoms with E-state index in [0.29, 0.717) is 40.0 Å². The number of aromatic nitrogens is 4. The third-order valence-electron chi connectivity index (χ3n) is 7.23. The number of nitrogens with zero attached hydrogens (tertiary/aromatic N) is 4. The van der Waals surface area contributed by atoms with Gasteiger partial charge in [0, 0.05) is 42.6 Å². The fourth-order valence-corrected chi connectivity index (χ4v) is 4.91. The smallest absolute Gasteiger partial charge is 0.282 e. The van der Waals surface area contributed by atoms with Gasteiger partial charge in [0.15, 0.2) is 0 Å². The standard InChI is InChI=1S/C32H32FN5O4/c1-32(2,3)22-12-20-16-35-38(31(42)29(20)25(33)14-22)27-7-5-6-23(24(27)18-40)21-13-26(30(41)37(4)17-21)36-28-9-8-19(10-11-39)15-34-28/h5-9,12-17,39-40H,10-11,18H2,1-4H3,(H,34,36). The first-order valence-electron chi connectivity index (χ1n) is 13.5. The minimum absolute atomic E-state index is 0.0111. The van der Waals surface area contributed by atoms with Crippen molar-refractivity contribution >= 4 is 22.3 Å². The molecule has 0 radical (unpaired) electrons. The average molecular weight is 570 g/mol. The first-order valence-corrected chi connectivity index (χ1v) is 13.5. The van der Waals surface area contributed by atoms with Crippen molar-refractivity contribution in [1.82, 2.24) is 19.3 Å². The van der Waals surface area contributed by atoms with E-state index in [4.69, 9.17) is 5.11 Å². The molecule has 3 N–H and O–H groups in total. The number of anilines is 2. The number of fused-ring (bicyclic) bond motifs is 1. The highest BCUT2D eigenvalue weighted by molar-refractivity contribution is 5.83. The van der Waals surface area contributed by atoms with Gasteiger partial charge in [-0.05, 0) is 58.9 Å². The molecule has 216 valence electrons. The van der Waals surface area contributed by atoms with E-state index in [1.165, 1.54) is 16.8 Å². The molecule has 2 aromatic carbocycles. The van der Waals surface area contributed by atoms with Gasteiger partial charge in [-0.25, -0.2) is 9.37 Å². The van der Waals surface area contributed by atoms with Gasteiger partial charge in [0.1, 0.15) is 17.3 Å². The fourth-order valence-electron chi connectivity index (χ4n) is 4.91. The van der Waals surface area contributed by atoms with Crippen LogP contribution in [0.25, 0.3) is 27.6 Å². The molecule has 3 aromatic heterocycles. The second-order valence-corrected chi connectivity index (χ2v) is 11.2. The number of halogens is 1. The van der Waals surface area contributed by atoms with E-state index < -0.39 is 18.0 Å². The van der Waals surface area contributed by atoms with Crippen LogP contribution < -0.4 is 16.4 Å². The molecular formula is C32H32FN5O4. The molecule has 0 spiro atoms. The summed E-state index contributed by atoms with van der Waals surface area (Å²) in [5, 5.41) is 27.3. The lowest BCUT2D eigenvalue weighted by Crippen LogP contribution is -2.24. The number of aryl methyl sites for hydroxylation is 1. The van der Waals surface area contributed by atoms with Crippen molar-refractivity contribution in [1.29, 1.82) is 0 Å². The molecule has 5 rings (SSSR count). The lowest BCUT2D eigenvalue weighted by atomic mass is 9.86. The van der Waals surface area contributed by atoms with Crippen molar-refractivity contribution in [3.05, 3.63) is 110 Å². The van der Waals surface area contributed by atoms with Gasteiger partial charge in [-0.3, -0.25) is 9.59 Å². The topological polar surface area (TPSA) is 122 Å². The van der Waals surface area contributed by atoms with E-state index >= 15 is 4.39 Å². The summed E-state index contributed by atoms with van der Waals surface area (Å²) in [4.78, 5) is 30.8. The Bertz CT molecular complexity index is 1910. The molecule has 9 nitrogen and oxygen atoms in total. The first-order chi connectivity index (χ1) is 20.0. The van der Waals surface area contributed by atoms with Crippen LogP contribution in [0.4, 0.5) is 15.9 Å². The van der Waals surface area contributed by atoms with Gasteiger partial charge in [-0.2, -0.15) is 9.78 Å². The SMILES string of the molecule is Cn1cc(-c2cccc(-n3ncc4cc(C(C)(C)C)cc(F)c4c3=O)c2CO)cc(Nc2ccc(CCO)cn2)c1=O. The molecular weight excluding hydrogens is 537 g/mol. The molecule has 0 aliphatic rings. The molecule has 0 atom stereocenters. The summed E-state index contributed by atoms with van der Waals surface area (Å²) >= 11 is 0. The second-order valence-electron chi connectivity index (χ2n) is 11.2. The zero-order chi connectivity index (χ0) is 30.2. The minimum atomic E-state index is -0.643. The zero-order valence-electron chi connectivity index (χ0n) is 23.8. The Labute approximate surface area is 241 Å². The summed E-state index contributed by atoms with van der Waals surface area (Å²) in [5.41, 5.74) is 2.46. The van der Waals surface area contributed by atoms with Crippen LogP contribution in [0.15, 0.2) is 76.7 Å². The molecule has 0 aliphatic heterocycles. The number of hydrogen-bond donors (Lipinski definition) is 3. The second kappa shape index (κ2) is 11.3. The van der Waals surface area contributed by atoms with Gasteiger partial charge in [-0.1, -0.05) is 39.0 Å². The fraction of sp³-hybridized carbons (Fsp3) is 0.250. The van der Waals surface area contributed by atoms with Crippen LogP contribution in [0.3, 0.4) is 0 Å². The Morgan fingerprint density at radius 1 is 1.00 bits per heavy atom. The summed E-state index contributed by atoms with van der Waals surface area (Å²) < 4.78 is 17.8. The number of aliphatic hydroxyl groups is 2. The van der Waals surface area contributed by atoms with Crippen LogP contribution in [-0.4, -0.2) is 36.2 Å². The third-order valence-corrected chi connectivity index (χ3v) is 7.23. The van der Waals surface area contributed by atoms with Gasteiger partial charge in [0.2, 0.25) is 0 Å². The van der Waals surface area contributed by atoms with Crippen molar-refractivity contribution in [2.24, 2.45) is 7.05 Å². The molecule has 3 heterocycles. The van der Waals surface area contributed by atoms with Crippen molar-refractivity contribution in [3.8, 4) is 16.8 Å². The number of benzene rings is 2. The van der Waals surface area contributed by atoms with E-state index in [1.807, 2.05) is 26.8 Å². The van der Waals surface area contributed by atoms with E-state index in [0.717, 1.165) is 15.8 Å². The summed E-state index contributed by atoms with van der Waals surface area (Å²) in [6, 6.07) is 13.4. The molecule has 42 heavy (non-hydrogen) atoms. The first kappa shape index (κ1) is 28.8. The predicted octanol–water partition coefficient (Wildman–Crippen LogP) is 4.35. The summed E-state index contributed by atoms with van der Waals surface area (Å²) in [6.07, 6.45) is 5.19. The predicted molar refractivity (Wildman–Crippen MR) is 161 cm³/mol. The molecule has 0 saturated heterocycles. The highest BCUT2D eigenvalue weighted by Gasteiger charge is 2.21. The molecule has 0 saturated carbocycles. The maximum Gasteiger partial charge on any atom is 0.282 e. The number of aliphatic hydroxyl groups excluding tert-OH is 2. The Hall–Kier alpha value is -4.67. The lowest BCUT2D eigenvalue weighted by Gasteiger charge is -2.20. The molecule has 10 heteroatoms. The number of pyridine rings is 2. The highest BCUT2D eigenvalue weighted by Crippen LogP contribution is 2.31. The quantitative estimate of drug-likeness (QED) is 0.266. The van der Waals surface area contributed by atoms with Crippen molar-refractivity contribution in [3.63, 3.8) is 0 Å². The molecule has 0 aliphatic carbocycles. The van der Waals surface area contributed by atoms with Crippen LogP contribution >= 0.6 is 0 Å². The van der Waals surface area contributed by atoms with E-state index in [2.05, 4.69) is 15.4 Å². The van der Waals surface area contributed by atoms with Crippen molar-refractivity contribution in [2.75, 3.05) is 11.9 Å². The van der Waals surface area contributed by atoms with Gasteiger partial charge in [-0.15, -0.1) is 0 Å². The van der Waals surface area contributed by atoms with Crippen LogP contribution in [0.1, 0.15) is 37.5 Å². The average Bonchev–Trinajstić information content (AvgIpc) is 2.95. The van der Waals surface area contributed by atoms with Crippen LogP contribution in [-0.2, 0) is 25.5 Å². The highest BCUT2D eigenvalue weighted by atomic mass is 19.1. The Kier molecular flexibility index (Phi) is 7.77. The summed E-state index contributed by atoms with van der Waals surface area (Å²) in [5.74, 6) is -0.183. The number of nitrogens with one attached hydrogen (secondary N) is 1. The molecule has 0 unspecified atom stereocenters. The van der Waals surface area contributed by atoms with E-state index in [-0.39, 0.29) is 28.7 Å².